The van der Waals surface area contributed by atoms with Crippen LogP contribution in [0, 0.1) is 11.8 Å². The molecule has 1 aliphatic rings. The Balaban J connectivity index is 0.00000338. The van der Waals surface area contributed by atoms with Crippen LogP contribution in [0.5, 0.6) is 0 Å². The zero-order valence-corrected chi connectivity index (χ0v) is 17.7. The van der Waals surface area contributed by atoms with Gasteiger partial charge in [-0.15, -0.1) is 24.8 Å². The molecule has 0 aromatic heterocycles. The van der Waals surface area contributed by atoms with Crippen LogP contribution in [0.4, 0.5) is 0 Å². The second-order valence-corrected chi connectivity index (χ2v) is 7.01. The molecule has 0 radical (unpaired) electrons. The Bertz CT molecular complexity index is 599. The molecule has 0 aliphatic heterocycles. The summed E-state index contributed by atoms with van der Waals surface area (Å²) in [6.45, 7) is 2.41. The van der Waals surface area contributed by atoms with Crippen molar-refractivity contribution in [2.24, 2.45) is 17.6 Å². The minimum Gasteiger partial charge on any atom is -0.352 e. The molecule has 1 aromatic rings. The second-order valence-electron chi connectivity index (χ2n) is 7.01. The number of halogens is 2. The van der Waals surface area contributed by atoms with Gasteiger partial charge in [0.25, 0.3) is 5.91 Å². The van der Waals surface area contributed by atoms with Crippen molar-refractivity contribution in [3.05, 3.63) is 35.4 Å². The van der Waals surface area contributed by atoms with E-state index in [0.717, 1.165) is 31.4 Å². The molecule has 2 atom stereocenters. The lowest BCUT2D eigenvalue weighted by Crippen LogP contribution is -2.34. The number of amides is 2. The first-order valence-corrected chi connectivity index (χ1v) is 9.01. The van der Waals surface area contributed by atoms with E-state index < -0.39 is 0 Å². The average molecular weight is 419 g/mol. The van der Waals surface area contributed by atoms with E-state index in [1.807, 2.05) is 37.2 Å². The molecule has 27 heavy (non-hydrogen) atoms. The van der Waals surface area contributed by atoms with Crippen molar-refractivity contribution in [1.29, 1.82) is 0 Å². The van der Waals surface area contributed by atoms with Crippen LogP contribution in [-0.2, 0) is 11.3 Å². The van der Waals surface area contributed by atoms with Gasteiger partial charge in [0.1, 0.15) is 0 Å². The highest BCUT2D eigenvalue weighted by molar-refractivity contribution is 5.94. The lowest BCUT2D eigenvalue weighted by Gasteiger charge is -2.17. The van der Waals surface area contributed by atoms with Gasteiger partial charge in [0, 0.05) is 31.1 Å². The zero-order valence-electron chi connectivity index (χ0n) is 16.1. The first-order valence-electron chi connectivity index (χ1n) is 9.01. The summed E-state index contributed by atoms with van der Waals surface area (Å²) in [5.41, 5.74) is 7.30. The van der Waals surface area contributed by atoms with Crippen molar-refractivity contribution in [3.63, 3.8) is 0 Å². The smallest absolute Gasteiger partial charge is 0.251 e. The lowest BCUT2D eigenvalue weighted by molar-refractivity contribution is -0.126. The molecule has 1 saturated carbocycles. The van der Waals surface area contributed by atoms with Crippen molar-refractivity contribution in [2.75, 3.05) is 33.7 Å². The average Bonchev–Trinajstić information content (AvgIpc) is 3.08. The molecule has 6 nitrogen and oxygen atoms in total. The van der Waals surface area contributed by atoms with Gasteiger partial charge >= 0.3 is 0 Å². The molecule has 154 valence electrons. The van der Waals surface area contributed by atoms with E-state index in [1.165, 1.54) is 0 Å². The standard InChI is InChI=1S/C19H30N4O2.2ClH/c1-23(2)10-9-21-18(24)15-6-3-5-14(11-15)13-22-19(25)17-8-4-7-16(17)12-20;;/h3,5-6,11,16-17H,4,7-10,12-13,20H2,1-2H3,(H,21,24)(H,22,25);2*1H/t16-,17-;;/m1../s1. The molecule has 0 unspecified atom stereocenters. The molecule has 0 heterocycles. The molecule has 1 aromatic carbocycles. The molecule has 4 N–H and O–H groups in total. The summed E-state index contributed by atoms with van der Waals surface area (Å²) in [5.74, 6) is 0.319. The first-order chi connectivity index (χ1) is 12.0. The Kier molecular flexibility index (Phi) is 12.3. The number of hydrogen-bond acceptors (Lipinski definition) is 4. The predicted molar refractivity (Wildman–Crippen MR) is 114 cm³/mol. The number of carbonyl (C=O) groups is 2. The lowest BCUT2D eigenvalue weighted by atomic mass is 9.95. The SMILES string of the molecule is CN(C)CCNC(=O)c1cccc(CNC(=O)[C@@H]2CCC[C@@H]2CN)c1.Cl.Cl. The number of rotatable bonds is 8. The summed E-state index contributed by atoms with van der Waals surface area (Å²) in [6, 6.07) is 7.39. The van der Waals surface area contributed by atoms with Gasteiger partial charge < -0.3 is 21.3 Å². The van der Waals surface area contributed by atoms with E-state index in [2.05, 4.69) is 10.6 Å². The predicted octanol–water partition coefficient (Wildman–Crippen LogP) is 1.81. The fraction of sp³-hybridized carbons (Fsp3) is 0.579. The number of nitrogens with zero attached hydrogens (tertiary/aromatic N) is 1. The minimum absolute atomic E-state index is 0. The van der Waals surface area contributed by atoms with Gasteiger partial charge in [0.15, 0.2) is 0 Å². The van der Waals surface area contributed by atoms with Crippen LogP contribution < -0.4 is 16.4 Å². The summed E-state index contributed by atoms with van der Waals surface area (Å²) < 4.78 is 0. The van der Waals surface area contributed by atoms with Gasteiger partial charge in [-0.05, 0) is 57.1 Å². The van der Waals surface area contributed by atoms with E-state index in [1.54, 1.807) is 6.07 Å². The number of hydrogen-bond donors (Lipinski definition) is 3. The third kappa shape index (κ3) is 8.05. The van der Waals surface area contributed by atoms with Crippen molar-refractivity contribution >= 4 is 36.6 Å². The highest BCUT2D eigenvalue weighted by Gasteiger charge is 2.31. The van der Waals surface area contributed by atoms with E-state index in [4.69, 9.17) is 5.73 Å². The Morgan fingerprint density at radius 2 is 1.93 bits per heavy atom. The molecule has 8 heteroatoms. The first kappa shape index (κ1) is 25.7. The zero-order chi connectivity index (χ0) is 18.2. The molecular formula is C19H32Cl2N4O2. The van der Waals surface area contributed by atoms with Crippen LogP contribution in [-0.4, -0.2) is 50.4 Å². The number of likely N-dealkylation sites (N-methyl/N-ethyl adjacent to an activating group) is 1. The fourth-order valence-electron chi connectivity index (χ4n) is 3.30. The van der Waals surface area contributed by atoms with Crippen molar-refractivity contribution in [2.45, 2.75) is 25.8 Å². The largest absolute Gasteiger partial charge is 0.352 e. The third-order valence-electron chi connectivity index (χ3n) is 4.80. The monoisotopic (exact) mass is 418 g/mol. The summed E-state index contributed by atoms with van der Waals surface area (Å²) in [7, 11) is 3.93. The highest BCUT2D eigenvalue weighted by Crippen LogP contribution is 2.30. The van der Waals surface area contributed by atoms with Gasteiger partial charge in [0.2, 0.25) is 5.91 Å². The summed E-state index contributed by atoms with van der Waals surface area (Å²) in [6.07, 6.45) is 3.03. The van der Waals surface area contributed by atoms with Gasteiger partial charge in [0.05, 0.1) is 0 Å². The van der Waals surface area contributed by atoms with Crippen LogP contribution in [0.3, 0.4) is 0 Å². The van der Waals surface area contributed by atoms with E-state index >= 15 is 0 Å². The molecule has 2 amide bonds. The van der Waals surface area contributed by atoms with E-state index in [0.29, 0.717) is 31.1 Å². The molecular weight excluding hydrogens is 387 g/mol. The van der Waals surface area contributed by atoms with Crippen LogP contribution in [0.2, 0.25) is 0 Å². The van der Waals surface area contributed by atoms with E-state index in [-0.39, 0.29) is 42.5 Å². The fourth-order valence-corrected chi connectivity index (χ4v) is 3.30. The summed E-state index contributed by atoms with van der Waals surface area (Å²) >= 11 is 0. The van der Waals surface area contributed by atoms with Crippen LogP contribution >= 0.6 is 24.8 Å². The van der Waals surface area contributed by atoms with Crippen LogP contribution in [0.1, 0.15) is 35.2 Å². The highest BCUT2D eigenvalue weighted by atomic mass is 35.5. The molecule has 1 fully saturated rings. The minimum atomic E-state index is -0.0889. The van der Waals surface area contributed by atoms with Gasteiger partial charge in [-0.3, -0.25) is 9.59 Å². The second kappa shape index (κ2) is 12.9. The topological polar surface area (TPSA) is 87.5 Å². The molecule has 0 spiro atoms. The maximum Gasteiger partial charge on any atom is 0.251 e. The van der Waals surface area contributed by atoms with Crippen molar-refractivity contribution in [3.8, 4) is 0 Å². The van der Waals surface area contributed by atoms with Crippen molar-refractivity contribution in [1.82, 2.24) is 15.5 Å². The molecule has 0 saturated heterocycles. The number of carbonyl (C=O) groups excluding carboxylic acids is 2. The third-order valence-corrected chi connectivity index (χ3v) is 4.80. The van der Waals surface area contributed by atoms with Crippen LogP contribution in [0.15, 0.2) is 24.3 Å². The molecule has 0 bridgehead atoms. The van der Waals surface area contributed by atoms with Crippen molar-refractivity contribution < 1.29 is 9.59 Å². The maximum atomic E-state index is 12.4. The van der Waals surface area contributed by atoms with Gasteiger partial charge in [-0.1, -0.05) is 18.6 Å². The summed E-state index contributed by atoms with van der Waals surface area (Å²) in [4.78, 5) is 26.6. The van der Waals surface area contributed by atoms with Crippen LogP contribution in [0.25, 0.3) is 0 Å². The Morgan fingerprint density at radius 1 is 1.19 bits per heavy atom. The maximum absolute atomic E-state index is 12.4. The summed E-state index contributed by atoms with van der Waals surface area (Å²) in [5, 5.41) is 5.90. The Labute approximate surface area is 174 Å². The normalized spacial score (nSPS) is 18.4. The van der Waals surface area contributed by atoms with Gasteiger partial charge in [-0.25, -0.2) is 0 Å². The Hall–Kier alpha value is -1.34. The van der Waals surface area contributed by atoms with Gasteiger partial charge in [-0.2, -0.15) is 0 Å². The Morgan fingerprint density at radius 3 is 2.59 bits per heavy atom. The molecule has 2 rings (SSSR count). The number of nitrogens with two attached hydrogens (primary N) is 1. The molecule has 1 aliphatic carbocycles. The number of benzene rings is 1. The van der Waals surface area contributed by atoms with E-state index in [9.17, 15) is 9.59 Å². The quantitative estimate of drug-likeness (QED) is 0.600. The number of nitrogens with one attached hydrogen (secondary N) is 2.